The summed E-state index contributed by atoms with van der Waals surface area (Å²) >= 11 is 3.98. The van der Waals surface area contributed by atoms with Crippen molar-refractivity contribution in [2.24, 2.45) is 0 Å². The maximum Gasteiger partial charge on any atom is 0.416 e. The molecule has 0 saturated heterocycles. The molecule has 19 heavy (non-hydrogen) atoms. The molecule has 0 atom stereocenters. The van der Waals surface area contributed by atoms with Crippen LogP contribution in [0.2, 0.25) is 0 Å². The highest BCUT2D eigenvalue weighted by Gasteiger charge is 2.31. The van der Waals surface area contributed by atoms with Crippen LogP contribution in [0.1, 0.15) is 15.9 Å². The summed E-state index contributed by atoms with van der Waals surface area (Å²) in [6, 6.07) is 2.87. The maximum atomic E-state index is 12.6. The smallest absolute Gasteiger partial charge is 0.311 e. The number of hydrogen-bond donors (Lipinski definition) is 1. The van der Waals surface area contributed by atoms with Gasteiger partial charge in [0, 0.05) is 16.0 Å². The van der Waals surface area contributed by atoms with Gasteiger partial charge in [0.25, 0.3) is 5.91 Å². The highest BCUT2D eigenvalue weighted by Crippen LogP contribution is 2.32. The molecule has 2 aromatic rings. The Morgan fingerprint density at radius 2 is 2.11 bits per heavy atom. The van der Waals surface area contributed by atoms with E-state index in [1.807, 2.05) is 0 Å². The number of nitrogens with zero attached hydrogens (tertiary/aromatic N) is 2. The highest BCUT2D eigenvalue weighted by molar-refractivity contribution is 9.10. The first kappa shape index (κ1) is 13.9. The summed E-state index contributed by atoms with van der Waals surface area (Å²) < 4.78 is 41.5. The molecule has 0 radical (unpaired) electrons. The quantitative estimate of drug-likeness (QED) is 0.899. The Balaban J connectivity index is 2.31. The predicted octanol–water partition coefficient (Wildman–Crippen LogP) is 3.57. The summed E-state index contributed by atoms with van der Waals surface area (Å²) in [5.74, 6) is -0.663. The van der Waals surface area contributed by atoms with E-state index in [9.17, 15) is 18.0 Å². The number of anilines is 1. The van der Waals surface area contributed by atoms with Crippen LogP contribution in [0.5, 0.6) is 0 Å². The van der Waals surface area contributed by atoms with Crippen molar-refractivity contribution in [2.75, 3.05) is 5.32 Å². The topological polar surface area (TPSA) is 54.9 Å². The van der Waals surface area contributed by atoms with Crippen LogP contribution < -0.4 is 5.32 Å². The Morgan fingerprint density at radius 1 is 1.37 bits per heavy atom. The Hall–Kier alpha value is -1.48. The van der Waals surface area contributed by atoms with Crippen molar-refractivity contribution in [2.45, 2.75) is 6.18 Å². The molecule has 0 aliphatic rings. The number of carbonyl (C=O) groups excluding carboxylic acids is 1. The minimum absolute atomic E-state index is 0.108. The van der Waals surface area contributed by atoms with E-state index in [2.05, 4.69) is 30.8 Å². The molecule has 1 amide bonds. The van der Waals surface area contributed by atoms with E-state index >= 15 is 0 Å². The summed E-state index contributed by atoms with van der Waals surface area (Å²) in [7, 11) is 0. The van der Waals surface area contributed by atoms with Gasteiger partial charge in [0.1, 0.15) is 5.00 Å². The number of nitrogens with one attached hydrogen (secondary N) is 1. The third kappa shape index (κ3) is 3.29. The van der Waals surface area contributed by atoms with Gasteiger partial charge in [-0.05, 0) is 34.1 Å². The first-order valence-corrected chi connectivity index (χ1v) is 6.40. The van der Waals surface area contributed by atoms with E-state index in [1.165, 1.54) is 12.3 Å². The standard InChI is InChI=1S/C10H5BrF3N3OS/c11-7-2-1-5(10(12,13)14)3-6(7)9(18)16-8-4-15-17-19-8/h1-4H,(H,16,18). The normalized spacial score (nSPS) is 11.4. The largest absolute Gasteiger partial charge is 0.416 e. The predicted molar refractivity (Wildman–Crippen MR) is 67.0 cm³/mol. The van der Waals surface area contributed by atoms with Crippen LogP contribution in [-0.2, 0) is 6.18 Å². The van der Waals surface area contributed by atoms with Crippen molar-refractivity contribution >= 4 is 38.4 Å². The number of alkyl halides is 3. The lowest BCUT2D eigenvalue weighted by atomic mass is 10.1. The molecule has 2 rings (SSSR count). The van der Waals surface area contributed by atoms with Crippen LogP contribution in [0.3, 0.4) is 0 Å². The molecule has 0 spiro atoms. The van der Waals surface area contributed by atoms with E-state index in [0.717, 1.165) is 23.7 Å². The van der Waals surface area contributed by atoms with Crippen molar-refractivity contribution in [1.82, 2.24) is 9.59 Å². The number of carbonyl (C=O) groups is 1. The Bertz CT molecular complexity index is 601. The van der Waals surface area contributed by atoms with E-state index in [0.29, 0.717) is 5.00 Å². The zero-order chi connectivity index (χ0) is 14.0. The van der Waals surface area contributed by atoms with E-state index in [4.69, 9.17) is 0 Å². The zero-order valence-corrected chi connectivity index (χ0v) is 11.4. The van der Waals surface area contributed by atoms with Gasteiger partial charge in [-0.3, -0.25) is 4.79 Å². The summed E-state index contributed by atoms with van der Waals surface area (Å²) in [6.45, 7) is 0. The fourth-order valence-electron chi connectivity index (χ4n) is 1.28. The molecular formula is C10H5BrF3N3OS. The first-order chi connectivity index (χ1) is 8.88. The molecule has 1 heterocycles. The molecule has 0 saturated carbocycles. The van der Waals surface area contributed by atoms with Gasteiger partial charge >= 0.3 is 6.18 Å². The second-order valence-corrected chi connectivity index (χ2v) is 5.07. The summed E-state index contributed by atoms with van der Waals surface area (Å²) in [6.07, 6.45) is -3.19. The van der Waals surface area contributed by atoms with E-state index < -0.39 is 17.6 Å². The minimum atomic E-state index is -4.50. The first-order valence-electron chi connectivity index (χ1n) is 4.83. The second kappa shape index (κ2) is 5.25. The number of halogens is 4. The van der Waals surface area contributed by atoms with Gasteiger partial charge in [0.2, 0.25) is 0 Å². The van der Waals surface area contributed by atoms with Crippen LogP contribution in [0.4, 0.5) is 18.2 Å². The molecule has 1 aromatic carbocycles. The molecule has 1 aromatic heterocycles. The Labute approximate surface area is 117 Å². The van der Waals surface area contributed by atoms with E-state index in [-0.39, 0.29) is 10.0 Å². The van der Waals surface area contributed by atoms with Crippen LogP contribution in [0.25, 0.3) is 0 Å². The number of hydrogen-bond acceptors (Lipinski definition) is 4. The van der Waals surface area contributed by atoms with E-state index in [1.54, 1.807) is 0 Å². The Kier molecular flexibility index (Phi) is 3.85. The Morgan fingerprint density at radius 3 is 2.68 bits per heavy atom. The summed E-state index contributed by atoms with van der Waals surface area (Å²) in [4.78, 5) is 11.9. The molecule has 4 nitrogen and oxygen atoms in total. The average Bonchev–Trinajstić information content (AvgIpc) is 2.80. The molecule has 0 fully saturated rings. The SMILES string of the molecule is O=C(Nc1cnns1)c1cc(C(F)(F)F)ccc1Br. The molecule has 0 aliphatic carbocycles. The fraction of sp³-hybridized carbons (Fsp3) is 0.100. The number of rotatable bonds is 2. The number of benzene rings is 1. The van der Waals surface area contributed by atoms with Gasteiger partial charge in [-0.25, -0.2) is 0 Å². The monoisotopic (exact) mass is 351 g/mol. The molecule has 1 N–H and O–H groups in total. The molecule has 0 bridgehead atoms. The van der Waals surface area contributed by atoms with Gasteiger partial charge in [-0.1, -0.05) is 4.49 Å². The lowest BCUT2D eigenvalue weighted by Gasteiger charge is -2.10. The van der Waals surface area contributed by atoms with Gasteiger partial charge in [0.05, 0.1) is 17.3 Å². The van der Waals surface area contributed by atoms with Crippen LogP contribution in [0, 0.1) is 0 Å². The molecule has 100 valence electrons. The van der Waals surface area contributed by atoms with Gasteiger partial charge in [0.15, 0.2) is 0 Å². The van der Waals surface area contributed by atoms with Crippen molar-refractivity contribution in [3.8, 4) is 0 Å². The lowest BCUT2D eigenvalue weighted by Crippen LogP contribution is -2.14. The van der Waals surface area contributed by atoms with Crippen molar-refractivity contribution in [3.63, 3.8) is 0 Å². The summed E-state index contributed by atoms with van der Waals surface area (Å²) in [5.41, 5.74) is -0.994. The second-order valence-electron chi connectivity index (χ2n) is 3.43. The number of aromatic nitrogens is 2. The zero-order valence-electron chi connectivity index (χ0n) is 9.03. The van der Waals surface area contributed by atoms with Gasteiger partial charge in [-0.15, -0.1) is 5.10 Å². The van der Waals surface area contributed by atoms with Crippen molar-refractivity contribution in [3.05, 3.63) is 40.0 Å². The van der Waals surface area contributed by atoms with Gasteiger partial charge in [-0.2, -0.15) is 13.2 Å². The third-order valence-corrected chi connectivity index (χ3v) is 3.41. The average molecular weight is 352 g/mol. The lowest BCUT2D eigenvalue weighted by molar-refractivity contribution is -0.137. The summed E-state index contributed by atoms with van der Waals surface area (Å²) in [5, 5.41) is 6.28. The third-order valence-electron chi connectivity index (χ3n) is 2.14. The van der Waals surface area contributed by atoms with Gasteiger partial charge < -0.3 is 5.32 Å². The fourth-order valence-corrected chi connectivity index (χ4v) is 2.12. The molecule has 9 heteroatoms. The highest BCUT2D eigenvalue weighted by atomic mass is 79.9. The molecule has 0 aliphatic heterocycles. The maximum absolute atomic E-state index is 12.6. The van der Waals surface area contributed by atoms with Crippen LogP contribution >= 0.6 is 27.5 Å². The molecular weight excluding hydrogens is 347 g/mol. The van der Waals surface area contributed by atoms with Crippen LogP contribution in [0.15, 0.2) is 28.9 Å². The number of amides is 1. The minimum Gasteiger partial charge on any atom is -0.311 e. The molecule has 0 unspecified atom stereocenters. The van der Waals surface area contributed by atoms with Crippen molar-refractivity contribution < 1.29 is 18.0 Å². The van der Waals surface area contributed by atoms with Crippen LogP contribution in [-0.4, -0.2) is 15.5 Å². The van der Waals surface area contributed by atoms with Crippen molar-refractivity contribution in [1.29, 1.82) is 0 Å².